The molecule has 0 saturated heterocycles. The Bertz CT molecular complexity index is 1320. The molecule has 0 spiro atoms. The molecule has 224 valence electrons. The molecule has 41 heavy (non-hydrogen) atoms. The average Bonchev–Trinajstić information content (AvgIpc) is 3.75. The number of thiazole rings is 4. The molecule has 4 aromatic heterocycles. The topological polar surface area (TPSA) is 128 Å². The number of aryl methyl sites for hydroxylation is 2. The molecule has 4 rings (SSSR count). The molecule has 4 aromatic rings. The summed E-state index contributed by atoms with van der Waals surface area (Å²) >= 11 is 5.40. The predicted molar refractivity (Wildman–Crippen MR) is 171 cm³/mol. The normalized spacial score (nSPS) is 10.6. The largest absolute Gasteiger partial charge is 0.462 e. The molecule has 4 heterocycles. The highest BCUT2D eigenvalue weighted by Gasteiger charge is 2.29. The van der Waals surface area contributed by atoms with Crippen LogP contribution in [0.4, 0.5) is 20.5 Å². The van der Waals surface area contributed by atoms with Gasteiger partial charge in [0.1, 0.15) is 9.75 Å². The van der Waals surface area contributed by atoms with E-state index in [1.807, 2.05) is 38.5 Å². The lowest BCUT2D eigenvalue weighted by molar-refractivity contribution is 0.0521. The highest BCUT2D eigenvalue weighted by molar-refractivity contribution is 7.19. The van der Waals surface area contributed by atoms with Gasteiger partial charge in [0, 0.05) is 10.8 Å². The summed E-state index contributed by atoms with van der Waals surface area (Å²) in [6.45, 7) is 19.9. The Labute approximate surface area is 257 Å². The van der Waals surface area contributed by atoms with Gasteiger partial charge in [-0.05, 0) is 41.5 Å². The van der Waals surface area contributed by atoms with Crippen molar-refractivity contribution in [2.45, 2.75) is 74.7 Å². The van der Waals surface area contributed by atoms with Gasteiger partial charge in [-0.2, -0.15) is 0 Å². The second kappa shape index (κ2) is 15.9. The Balaban J connectivity index is 0.00000141. The van der Waals surface area contributed by atoms with Crippen LogP contribution in [-0.4, -0.2) is 45.1 Å². The third kappa shape index (κ3) is 8.53. The molecule has 0 aliphatic carbocycles. The molecular formula is C27H38N6O4S4. The molecule has 0 saturated carbocycles. The van der Waals surface area contributed by atoms with Crippen molar-refractivity contribution in [3.63, 3.8) is 0 Å². The number of hydrogen-bond donors (Lipinski definition) is 2. The van der Waals surface area contributed by atoms with Gasteiger partial charge in [-0.3, -0.25) is 0 Å². The highest BCUT2D eigenvalue weighted by atomic mass is 32.1. The van der Waals surface area contributed by atoms with E-state index in [1.165, 1.54) is 45.3 Å². The number of anilines is 4. The number of nitrogens with one attached hydrogen (secondary N) is 2. The van der Waals surface area contributed by atoms with Crippen molar-refractivity contribution in [3.8, 4) is 0 Å². The molecule has 0 bridgehead atoms. The summed E-state index contributed by atoms with van der Waals surface area (Å²) in [5.74, 6) is -0.742. The van der Waals surface area contributed by atoms with Crippen molar-refractivity contribution >= 4 is 77.8 Å². The number of nitrogens with zero attached hydrogens (tertiary/aromatic N) is 4. The molecule has 14 heteroatoms. The maximum absolute atomic E-state index is 12.1. The van der Waals surface area contributed by atoms with E-state index < -0.39 is 5.41 Å². The second-order valence-electron chi connectivity index (χ2n) is 8.26. The van der Waals surface area contributed by atoms with Crippen molar-refractivity contribution < 1.29 is 19.1 Å². The molecule has 0 aromatic carbocycles. The van der Waals surface area contributed by atoms with E-state index in [2.05, 4.69) is 34.4 Å². The summed E-state index contributed by atoms with van der Waals surface area (Å²) < 4.78 is 10.2. The van der Waals surface area contributed by atoms with Crippen LogP contribution in [0.15, 0.2) is 10.8 Å². The monoisotopic (exact) mass is 638 g/mol. The molecular weight excluding hydrogens is 601 g/mol. The summed E-state index contributed by atoms with van der Waals surface area (Å²) in [5, 5.41) is 12.9. The Hall–Kier alpha value is -2.94. The fourth-order valence-electron chi connectivity index (χ4n) is 3.22. The van der Waals surface area contributed by atoms with Crippen LogP contribution in [0.1, 0.15) is 97.5 Å². The number of aromatic nitrogens is 4. The number of hydrogen-bond acceptors (Lipinski definition) is 14. The number of carbonyl (C=O) groups is 2. The van der Waals surface area contributed by atoms with Crippen LogP contribution in [0.3, 0.4) is 0 Å². The van der Waals surface area contributed by atoms with E-state index in [9.17, 15) is 9.59 Å². The van der Waals surface area contributed by atoms with E-state index in [0.29, 0.717) is 54.9 Å². The van der Waals surface area contributed by atoms with Crippen LogP contribution in [0, 0.1) is 13.8 Å². The molecule has 0 amide bonds. The van der Waals surface area contributed by atoms with Gasteiger partial charge in [-0.25, -0.2) is 29.5 Å². The van der Waals surface area contributed by atoms with Crippen molar-refractivity contribution in [2.24, 2.45) is 0 Å². The minimum absolute atomic E-state index is 0.315. The molecule has 0 unspecified atom stereocenters. The predicted octanol–water partition coefficient (Wildman–Crippen LogP) is 8.35. The standard InChI is InChI=1S/C23H26N6O4S4.2C2H6/c1-7-32-17(30)15-11(3)24-21(36-15)28-19-26-13(9-34-19)23(5,6)14-10-35-20(27-14)29-22-25-12(4)16(37-22)18(31)33-8-2;2*1-2/h9-10H,7-8H2,1-6H3,(H,24,26,28)(H,25,27,29);2*1-2H3. The molecule has 0 atom stereocenters. The molecule has 0 fully saturated rings. The van der Waals surface area contributed by atoms with Crippen molar-refractivity contribution in [3.05, 3.63) is 43.3 Å². The zero-order chi connectivity index (χ0) is 30.7. The van der Waals surface area contributed by atoms with Crippen LogP contribution in [0.25, 0.3) is 0 Å². The fourth-order valence-corrected chi connectivity index (χ4v) is 6.82. The van der Waals surface area contributed by atoms with Crippen LogP contribution in [0.5, 0.6) is 0 Å². The fraction of sp³-hybridized carbons (Fsp3) is 0.481. The maximum Gasteiger partial charge on any atom is 0.350 e. The summed E-state index contributed by atoms with van der Waals surface area (Å²) in [6.07, 6.45) is 0. The van der Waals surface area contributed by atoms with Crippen molar-refractivity contribution in [1.82, 2.24) is 19.9 Å². The summed E-state index contributed by atoms with van der Waals surface area (Å²) in [5.41, 5.74) is 2.48. The lowest BCUT2D eigenvalue weighted by atomic mass is 9.87. The number of esters is 2. The van der Waals surface area contributed by atoms with Crippen LogP contribution < -0.4 is 10.6 Å². The van der Waals surface area contributed by atoms with Gasteiger partial charge in [0.25, 0.3) is 0 Å². The lowest BCUT2D eigenvalue weighted by Gasteiger charge is -2.19. The van der Waals surface area contributed by atoms with Crippen molar-refractivity contribution in [1.29, 1.82) is 0 Å². The van der Waals surface area contributed by atoms with E-state index in [4.69, 9.17) is 19.4 Å². The van der Waals surface area contributed by atoms with E-state index in [1.54, 1.807) is 27.7 Å². The van der Waals surface area contributed by atoms with Gasteiger partial charge in [0.05, 0.1) is 41.4 Å². The summed E-state index contributed by atoms with van der Waals surface area (Å²) in [4.78, 5) is 43.5. The third-order valence-corrected chi connectivity index (χ3v) is 8.85. The smallest absolute Gasteiger partial charge is 0.350 e. The van der Waals surface area contributed by atoms with Gasteiger partial charge >= 0.3 is 11.9 Å². The molecule has 0 radical (unpaired) electrons. The second-order valence-corrected chi connectivity index (χ2v) is 12.0. The van der Waals surface area contributed by atoms with Gasteiger partial charge in [-0.1, -0.05) is 50.4 Å². The zero-order valence-corrected chi connectivity index (χ0v) is 28.4. The Kier molecular flexibility index (Phi) is 13.3. The van der Waals surface area contributed by atoms with Crippen LogP contribution in [-0.2, 0) is 14.9 Å². The first-order valence-electron chi connectivity index (χ1n) is 13.4. The first-order chi connectivity index (χ1) is 19.6. The Morgan fingerprint density at radius 1 is 0.707 bits per heavy atom. The molecule has 2 N–H and O–H groups in total. The SMILES string of the molecule is CC.CC.CCOC(=O)c1sc(Nc2nc(C(C)(C)c3csc(Nc4nc(C)c(C(=O)OCC)s4)n3)cs2)nc1C. The van der Waals surface area contributed by atoms with Crippen LogP contribution >= 0.6 is 45.3 Å². The molecule has 10 nitrogen and oxygen atoms in total. The number of rotatable bonds is 10. The third-order valence-electron chi connectivity index (χ3n) is 5.23. The van der Waals surface area contributed by atoms with Gasteiger partial charge in [-0.15, -0.1) is 22.7 Å². The average molecular weight is 639 g/mol. The number of carbonyl (C=O) groups excluding carboxylic acids is 2. The van der Waals surface area contributed by atoms with Gasteiger partial charge < -0.3 is 20.1 Å². The molecule has 0 aliphatic rings. The van der Waals surface area contributed by atoms with Gasteiger partial charge in [0.2, 0.25) is 0 Å². The highest BCUT2D eigenvalue weighted by Crippen LogP contribution is 2.37. The summed E-state index contributed by atoms with van der Waals surface area (Å²) in [7, 11) is 0. The summed E-state index contributed by atoms with van der Waals surface area (Å²) in [6, 6.07) is 0. The lowest BCUT2D eigenvalue weighted by Crippen LogP contribution is -2.20. The van der Waals surface area contributed by atoms with E-state index in [0.717, 1.165) is 11.4 Å². The van der Waals surface area contributed by atoms with E-state index in [-0.39, 0.29) is 11.9 Å². The first-order valence-corrected chi connectivity index (χ1v) is 16.8. The van der Waals surface area contributed by atoms with E-state index >= 15 is 0 Å². The molecule has 0 aliphatic heterocycles. The Morgan fingerprint density at radius 3 is 1.41 bits per heavy atom. The number of ether oxygens (including phenoxy) is 2. The first kappa shape index (κ1) is 34.3. The maximum atomic E-state index is 12.1. The minimum Gasteiger partial charge on any atom is -0.462 e. The van der Waals surface area contributed by atoms with Crippen molar-refractivity contribution in [2.75, 3.05) is 23.8 Å². The van der Waals surface area contributed by atoms with Gasteiger partial charge in [0.15, 0.2) is 20.5 Å². The Morgan fingerprint density at radius 2 is 1.07 bits per heavy atom. The minimum atomic E-state index is -0.462. The van der Waals surface area contributed by atoms with Crippen LogP contribution in [0.2, 0.25) is 0 Å². The quantitative estimate of drug-likeness (QED) is 0.164. The zero-order valence-electron chi connectivity index (χ0n) is 25.1.